The van der Waals surface area contributed by atoms with Crippen LogP contribution in [-0.2, 0) is 14.4 Å². The quantitative estimate of drug-likeness (QED) is 0.141. The molecule has 3 rings (SSSR count). The number of hydrogen-bond acceptors (Lipinski definition) is 8. The first-order valence-corrected chi connectivity index (χ1v) is 10.9. The summed E-state index contributed by atoms with van der Waals surface area (Å²) in [7, 11) is 2.91. The predicted octanol–water partition coefficient (Wildman–Crippen LogP) is 2.97. The lowest BCUT2D eigenvalue weighted by atomic mass is 10.2. The van der Waals surface area contributed by atoms with Crippen molar-refractivity contribution in [2.24, 2.45) is 5.10 Å². The van der Waals surface area contributed by atoms with E-state index in [1.807, 2.05) is 0 Å². The average Bonchev–Trinajstić information content (AvgIpc) is 2.90. The molecule has 3 N–H and O–H groups in total. The predicted molar refractivity (Wildman–Crippen MR) is 136 cm³/mol. The highest BCUT2D eigenvalue weighted by Crippen LogP contribution is 2.28. The number of anilines is 2. The molecule has 0 aliphatic carbocycles. The van der Waals surface area contributed by atoms with Crippen LogP contribution in [0.5, 0.6) is 17.2 Å². The van der Waals surface area contributed by atoms with Crippen molar-refractivity contribution >= 4 is 41.3 Å². The minimum Gasteiger partial charge on any atom is -0.497 e. The smallest absolute Gasteiger partial charge is 0.343 e. The molecule has 0 heterocycles. The third-order valence-corrected chi connectivity index (χ3v) is 4.74. The molecule has 37 heavy (non-hydrogen) atoms. The number of ether oxygens (including phenoxy) is 3. The van der Waals surface area contributed by atoms with Gasteiger partial charge in [-0.05, 0) is 66.2 Å². The van der Waals surface area contributed by atoms with Crippen molar-refractivity contribution in [3.8, 4) is 17.2 Å². The van der Waals surface area contributed by atoms with E-state index in [2.05, 4.69) is 21.2 Å². The number of carbonyl (C=O) groups is 4. The van der Waals surface area contributed by atoms with Gasteiger partial charge in [0.25, 0.3) is 0 Å². The minimum atomic E-state index is -0.988. The molecule has 0 atom stereocenters. The van der Waals surface area contributed by atoms with Gasteiger partial charge in [0.1, 0.15) is 5.75 Å². The van der Waals surface area contributed by atoms with Crippen LogP contribution in [0, 0.1) is 0 Å². The van der Waals surface area contributed by atoms with Crippen LogP contribution in [-0.4, -0.2) is 44.1 Å². The summed E-state index contributed by atoms with van der Waals surface area (Å²) in [5.74, 6) is -1.78. The fourth-order valence-electron chi connectivity index (χ4n) is 3.00. The molecule has 0 radical (unpaired) electrons. The van der Waals surface area contributed by atoms with Crippen molar-refractivity contribution in [1.29, 1.82) is 0 Å². The van der Waals surface area contributed by atoms with Gasteiger partial charge in [0.15, 0.2) is 11.5 Å². The molecule has 0 spiro atoms. The van der Waals surface area contributed by atoms with Gasteiger partial charge in [0, 0.05) is 18.3 Å². The zero-order valence-corrected chi connectivity index (χ0v) is 20.2. The van der Waals surface area contributed by atoms with Crippen LogP contribution in [0.25, 0.3) is 0 Å². The van der Waals surface area contributed by atoms with Crippen LogP contribution in [0.15, 0.2) is 71.8 Å². The Morgan fingerprint density at radius 1 is 0.784 bits per heavy atom. The van der Waals surface area contributed by atoms with Crippen molar-refractivity contribution < 1.29 is 33.4 Å². The number of nitrogens with one attached hydrogen (secondary N) is 3. The molecule has 0 fully saturated rings. The first kappa shape index (κ1) is 26.4. The van der Waals surface area contributed by atoms with Crippen LogP contribution in [0.4, 0.5) is 11.4 Å². The number of methoxy groups -OCH3 is 2. The Hall–Kier alpha value is -5.19. The lowest BCUT2D eigenvalue weighted by Gasteiger charge is -2.10. The van der Waals surface area contributed by atoms with Gasteiger partial charge in [-0.25, -0.2) is 10.2 Å². The van der Waals surface area contributed by atoms with Gasteiger partial charge in [0.2, 0.25) is 5.91 Å². The standard InChI is InChI=1S/C26H24N4O7/c1-16(31)28-19-8-10-20(11-9-19)29-24(32)25(33)30-27-15-17-7-12-22(23(13-17)36-3)37-26(34)18-5-4-6-21(14-18)35-2/h4-15H,1-3H3,(H,28,31)(H,29,32)(H,30,33). The first-order valence-electron chi connectivity index (χ1n) is 10.9. The molecule has 190 valence electrons. The highest BCUT2D eigenvalue weighted by atomic mass is 16.6. The molecule has 3 aromatic carbocycles. The summed E-state index contributed by atoms with van der Waals surface area (Å²) in [5.41, 5.74) is 3.85. The SMILES string of the molecule is COc1cccc(C(=O)Oc2ccc(C=NNC(=O)C(=O)Nc3ccc(NC(C)=O)cc3)cc2OC)c1. The molecule has 3 aromatic rings. The summed E-state index contributed by atoms with van der Waals surface area (Å²) < 4.78 is 15.8. The summed E-state index contributed by atoms with van der Waals surface area (Å²) in [5, 5.41) is 8.79. The molecule has 0 saturated heterocycles. The van der Waals surface area contributed by atoms with Crippen LogP contribution in [0.1, 0.15) is 22.8 Å². The summed E-state index contributed by atoms with van der Waals surface area (Å²) in [4.78, 5) is 47.7. The van der Waals surface area contributed by atoms with E-state index in [1.54, 1.807) is 48.5 Å². The number of hydrogen-bond donors (Lipinski definition) is 3. The van der Waals surface area contributed by atoms with Crippen molar-refractivity contribution in [2.75, 3.05) is 24.9 Å². The Bertz CT molecular complexity index is 1340. The van der Waals surface area contributed by atoms with Gasteiger partial charge in [0.05, 0.1) is 26.0 Å². The largest absolute Gasteiger partial charge is 0.497 e. The van der Waals surface area contributed by atoms with E-state index in [1.165, 1.54) is 45.6 Å². The summed E-state index contributed by atoms with van der Waals surface area (Å²) in [6, 6.07) is 17.4. The monoisotopic (exact) mass is 504 g/mol. The third-order valence-electron chi connectivity index (χ3n) is 4.74. The molecule has 0 saturated carbocycles. The third kappa shape index (κ3) is 7.65. The highest BCUT2D eigenvalue weighted by molar-refractivity contribution is 6.39. The molecule has 0 aromatic heterocycles. The molecular weight excluding hydrogens is 480 g/mol. The van der Waals surface area contributed by atoms with E-state index < -0.39 is 17.8 Å². The van der Waals surface area contributed by atoms with E-state index >= 15 is 0 Å². The van der Waals surface area contributed by atoms with Crippen molar-refractivity contribution in [2.45, 2.75) is 6.92 Å². The Morgan fingerprint density at radius 2 is 1.49 bits per heavy atom. The van der Waals surface area contributed by atoms with Gasteiger partial charge in [-0.15, -0.1) is 0 Å². The summed E-state index contributed by atoms with van der Waals surface area (Å²) >= 11 is 0. The molecule has 11 heteroatoms. The molecule has 0 bridgehead atoms. The van der Waals surface area contributed by atoms with Gasteiger partial charge >= 0.3 is 17.8 Å². The molecule has 0 unspecified atom stereocenters. The molecule has 0 aliphatic rings. The number of benzene rings is 3. The second kappa shape index (κ2) is 12.5. The number of amides is 3. The number of esters is 1. The number of nitrogens with zero attached hydrogens (tertiary/aromatic N) is 1. The normalized spacial score (nSPS) is 10.4. The average molecular weight is 504 g/mol. The highest BCUT2D eigenvalue weighted by Gasteiger charge is 2.15. The Labute approximate surface area is 212 Å². The van der Waals surface area contributed by atoms with Gasteiger partial charge in [-0.3, -0.25) is 14.4 Å². The maximum absolute atomic E-state index is 12.5. The Kier molecular flexibility index (Phi) is 8.92. The van der Waals surface area contributed by atoms with E-state index in [0.717, 1.165) is 0 Å². The van der Waals surface area contributed by atoms with Crippen LogP contribution in [0.2, 0.25) is 0 Å². The number of rotatable bonds is 8. The first-order chi connectivity index (χ1) is 17.8. The van der Waals surface area contributed by atoms with E-state index in [4.69, 9.17) is 14.2 Å². The van der Waals surface area contributed by atoms with Gasteiger partial charge in [-0.1, -0.05) is 6.07 Å². The zero-order valence-electron chi connectivity index (χ0n) is 20.2. The van der Waals surface area contributed by atoms with Gasteiger partial charge < -0.3 is 24.8 Å². The number of hydrazone groups is 1. The molecule has 0 aliphatic heterocycles. The summed E-state index contributed by atoms with van der Waals surface area (Å²) in [6.07, 6.45) is 1.30. The van der Waals surface area contributed by atoms with Crippen LogP contribution < -0.4 is 30.3 Å². The van der Waals surface area contributed by atoms with Crippen LogP contribution >= 0.6 is 0 Å². The van der Waals surface area contributed by atoms with E-state index in [9.17, 15) is 19.2 Å². The maximum Gasteiger partial charge on any atom is 0.343 e. The Morgan fingerprint density at radius 3 is 2.14 bits per heavy atom. The summed E-state index contributed by atoms with van der Waals surface area (Å²) in [6.45, 7) is 1.38. The van der Waals surface area contributed by atoms with Crippen molar-refractivity contribution in [1.82, 2.24) is 5.43 Å². The molecule has 3 amide bonds. The van der Waals surface area contributed by atoms with Crippen LogP contribution in [0.3, 0.4) is 0 Å². The number of carbonyl (C=O) groups excluding carboxylic acids is 4. The lowest BCUT2D eigenvalue weighted by Crippen LogP contribution is -2.32. The fraction of sp³-hybridized carbons (Fsp3) is 0.115. The lowest BCUT2D eigenvalue weighted by molar-refractivity contribution is -0.136. The van der Waals surface area contributed by atoms with E-state index in [-0.39, 0.29) is 17.4 Å². The molecular formula is C26H24N4O7. The zero-order chi connectivity index (χ0) is 26.8. The Balaban J connectivity index is 1.57. The second-order valence-corrected chi connectivity index (χ2v) is 7.44. The van der Waals surface area contributed by atoms with E-state index in [0.29, 0.717) is 28.3 Å². The topological polar surface area (TPSA) is 144 Å². The maximum atomic E-state index is 12.5. The second-order valence-electron chi connectivity index (χ2n) is 7.44. The minimum absolute atomic E-state index is 0.181. The van der Waals surface area contributed by atoms with Gasteiger partial charge in [-0.2, -0.15) is 5.10 Å². The fourth-order valence-corrected chi connectivity index (χ4v) is 3.00. The van der Waals surface area contributed by atoms with Crippen molar-refractivity contribution in [3.63, 3.8) is 0 Å². The molecule has 11 nitrogen and oxygen atoms in total. The van der Waals surface area contributed by atoms with Crippen molar-refractivity contribution in [3.05, 3.63) is 77.9 Å².